The largest absolute Gasteiger partial charge is 0.494 e. The van der Waals surface area contributed by atoms with Crippen LogP contribution in [0.1, 0.15) is 41.0 Å². The summed E-state index contributed by atoms with van der Waals surface area (Å²) in [4.78, 5) is 0. The Hall–Kier alpha value is -0.570. The number of ether oxygens (including phenoxy) is 1. The molecule has 1 aliphatic heterocycles. The monoisotopic (exact) mass is 301 g/mol. The lowest BCUT2D eigenvalue weighted by atomic mass is 10.1. The lowest BCUT2D eigenvalue weighted by Gasteiger charge is -2.45. The van der Waals surface area contributed by atoms with Crippen molar-refractivity contribution in [3.63, 3.8) is 0 Å². The number of hydrogen-bond acceptors (Lipinski definition) is 3. The standard InChI is InChI=1S/C15H28NO3P/c1-7-11-18-14(8-2)12-20(17)16(15(4,5)6)10-9-13(3)19-20/h7-8,13H,1,9-12H2,2-6H3/b14-8+/t13-,20+/m0/s1. The first-order valence-corrected chi connectivity index (χ1v) is 8.93. The highest BCUT2D eigenvalue weighted by Gasteiger charge is 2.43. The third kappa shape index (κ3) is 4.47. The molecule has 116 valence electrons. The Kier molecular flexibility index (Phi) is 6.06. The summed E-state index contributed by atoms with van der Waals surface area (Å²) in [7, 11) is -2.91. The van der Waals surface area contributed by atoms with Crippen LogP contribution >= 0.6 is 7.52 Å². The molecule has 0 spiro atoms. The highest BCUT2D eigenvalue weighted by Crippen LogP contribution is 2.58. The summed E-state index contributed by atoms with van der Waals surface area (Å²) in [6, 6.07) is 0. The molecule has 0 aliphatic carbocycles. The maximum atomic E-state index is 13.3. The van der Waals surface area contributed by atoms with Gasteiger partial charge in [-0.25, -0.2) is 4.67 Å². The van der Waals surface area contributed by atoms with Crippen molar-refractivity contribution in [3.05, 3.63) is 24.5 Å². The first-order chi connectivity index (χ1) is 9.23. The van der Waals surface area contributed by atoms with Crippen molar-refractivity contribution < 1.29 is 13.8 Å². The minimum atomic E-state index is -2.91. The Morgan fingerprint density at radius 1 is 1.55 bits per heavy atom. The molecule has 1 heterocycles. The maximum absolute atomic E-state index is 13.3. The van der Waals surface area contributed by atoms with E-state index in [0.717, 1.165) is 13.0 Å². The van der Waals surface area contributed by atoms with Crippen LogP contribution in [-0.2, 0) is 13.8 Å². The summed E-state index contributed by atoms with van der Waals surface area (Å²) in [6.45, 7) is 14.9. The van der Waals surface area contributed by atoms with Crippen LogP contribution in [0.4, 0.5) is 0 Å². The lowest BCUT2D eigenvalue weighted by Crippen LogP contribution is -2.45. The smallest absolute Gasteiger partial charge is 0.280 e. The maximum Gasteiger partial charge on any atom is 0.280 e. The van der Waals surface area contributed by atoms with Crippen LogP contribution in [0, 0.1) is 0 Å². The highest BCUT2D eigenvalue weighted by molar-refractivity contribution is 7.56. The van der Waals surface area contributed by atoms with E-state index < -0.39 is 7.52 Å². The Bertz CT molecular complexity index is 412. The zero-order valence-electron chi connectivity index (χ0n) is 13.4. The zero-order chi connectivity index (χ0) is 15.4. The Labute approximate surface area is 123 Å². The third-order valence-corrected chi connectivity index (χ3v) is 6.23. The van der Waals surface area contributed by atoms with Gasteiger partial charge in [0.1, 0.15) is 12.4 Å². The van der Waals surface area contributed by atoms with Crippen molar-refractivity contribution in [1.29, 1.82) is 0 Å². The van der Waals surface area contributed by atoms with Crippen molar-refractivity contribution in [3.8, 4) is 0 Å². The third-order valence-electron chi connectivity index (χ3n) is 3.30. The second kappa shape index (κ2) is 6.93. The van der Waals surface area contributed by atoms with Crippen molar-refractivity contribution >= 4 is 7.52 Å². The van der Waals surface area contributed by atoms with Gasteiger partial charge in [-0.1, -0.05) is 12.7 Å². The predicted octanol–water partition coefficient (Wildman–Crippen LogP) is 4.20. The van der Waals surface area contributed by atoms with Crippen molar-refractivity contribution in [2.75, 3.05) is 19.3 Å². The summed E-state index contributed by atoms with van der Waals surface area (Å²) in [5, 5.41) is 0. The van der Waals surface area contributed by atoms with E-state index in [4.69, 9.17) is 9.26 Å². The fraction of sp³-hybridized carbons (Fsp3) is 0.733. The molecule has 0 aromatic rings. The van der Waals surface area contributed by atoms with E-state index in [1.165, 1.54) is 0 Å². The Balaban J connectivity index is 2.94. The minimum absolute atomic E-state index is 0.0249. The van der Waals surface area contributed by atoms with Gasteiger partial charge in [-0.2, -0.15) is 0 Å². The molecule has 0 N–H and O–H groups in total. The predicted molar refractivity (Wildman–Crippen MR) is 84.0 cm³/mol. The topological polar surface area (TPSA) is 38.8 Å². The fourth-order valence-electron chi connectivity index (χ4n) is 2.35. The number of rotatable bonds is 5. The molecule has 1 fully saturated rings. The van der Waals surface area contributed by atoms with Crippen LogP contribution in [0.25, 0.3) is 0 Å². The molecule has 0 bridgehead atoms. The van der Waals surface area contributed by atoms with Crippen molar-refractivity contribution in [1.82, 2.24) is 4.67 Å². The van der Waals surface area contributed by atoms with Gasteiger partial charge in [0.25, 0.3) is 7.52 Å². The minimum Gasteiger partial charge on any atom is -0.494 e. The zero-order valence-corrected chi connectivity index (χ0v) is 14.3. The summed E-state index contributed by atoms with van der Waals surface area (Å²) >= 11 is 0. The van der Waals surface area contributed by atoms with Gasteiger partial charge in [-0.3, -0.25) is 4.57 Å². The van der Waals surface area contributed by atoms with Gasteiger partial charge in [-0.05, 0) is 47.1 Å². The molecule has 1 aliphatic rings. The van der Waals surface area contributed by atoms with Crippen LogP contribution in [0.5, 0.6) is 0 Å². The van der Waals surface area contributed by atoms with Gasteiger partial charge < -0.3 is 9.26 Å². The molecule has 0 amide bonds. The summed E-state index contributed by atoms with van der Waals surface area (Å²) < 4.78 is 26.7. The number of nitrogens with zero attached hydrogens (tertiary/aromatic N) is 1. The first-order valence-electron chi connectivity index (χ1n) is 7.17. The molecule has 5 heteroatoms. The fourth-order valence-corrected chi connectivity index (χ4v) is 5.37. The molecule has 4 nitrogen and oxygen atoms in total. The SMILES string of the molecule is C=CCO/C(=C/C)C[P@@]1(=O)O[C@@H](C)CCN1C(C)(C)C. The van der Waals surface area contributed by atoms with E-state index in [0.29, 0.717) is 18.5 Å². The van der Waals surface area contributed by atoms with Gasteiger partial charge in [0.2, 0.25) is 0 Å². The van der Waals surface area contributed by atoms with Gasteiger partial charge in [0.15, 0.2) is 0 Å². The van der Waals surface area contributed by atoms with E-state index in [1.807, 2.05) is 24.6 Å². The quantitative estimate of drug-likeness (QED) is 0.433. The van der Waals surface area contributed by atoms with Crippen LogP contribution in [0.3, 0.4) is 0 Å². The van der Waals surface area contributed by atoms with E-state index in [-0.39, 0.29) is 11.6 Å². The molecule has 1 saturated heterocycles. The second-order valence-electron chi connectivity index (χ2n) is 6.15. The molecule has 0 saturated carbocycles. The first kappa shape index (κ1) is 17.5. The van der Waals surface area contributed by atoms with E-state index in [9.17, 15) is 4.57 Å². The van der Waals surface area contributed by atoms with Crippen molar-refractivity contribution in [2.45, 2.75) is 52.7 Å². The average Bonchev–Trinajstić information content (AvgIpc) is 2.32. The summed E-state index contributed by atoms with van der Waals surface area (Å²) in [5.41, 5.74) is -0.188. The molecule has 20 heavy (non-hydrogen) atoms. The van der Waals surface area contributed by atoms with Gasteiger partial charge >= 0.3 is 0 Å². The van der Waals surface area contributed by atoms with Gasteiger partial charge in [0, 0.05) is 12.1 Å². The van der Waals surface area contributed by atoms with Gasteiger partial charge in [-0.15, -0.1) is 0 Å². The molecule has 0 aromatic carbocycles. The molecule has 1 rings (SSSR count). The van der Waals surface area contributed by atoms with Gasteiger partial charge in [0.05, 0.1) is 12.3 Å². The molecule has 0 unspecified atom stereocenters. The molecular weight excluding hydrogens is 273 g/mol. The van der Waals surface area contributed by atoms with Crippen LogP contribution in [0.2, 0.25) is 0 Å². The van der Waals surface area contributed by atoms with Crippen molar-refractivity contribution in [2.24, 2.45) is 0 Å². The number of allylic oxidation sites excluding steroid dienone is 2. The number of hydrogen-bond donors (Lipinski definition) is 0. The molecule has 0 radical (unpaired) electrons. The van der Waals surface area contributed by atoms with Crippen LogP contribution in [0.15, 0.2) is 24.5 Å². The second-order valence-corrected chi connectivity index (χ2v) is 8.43. The van der Waals surface area contributed by atoms with Crippen LogP contribution in [-0.4, -0.2) is 35.6 Å². The Morgan fingerprint density at radius 3 is 2.70 bits per heavy atom. The van der Waals surface area contributed by atoms with E-state index >= 15 is 0 Å². The van der Waals surface area contributed by atoms with Crippen LogP contribution < -0.4 is 0 Å². The lowest BCUT2D eigenvalue weighted by molar-refractivity contribution is 0.0987. The van der Waals surface area contributed by atoms with E-state index in [2.05, 4.69) is 27.4 Å². The summed E-state index contributed by atoms with van der Waals surface area (Å²) in [5.74, 6) is 0.705. The molecule has 0 aromatic heterocycles. The Morgan fingerprint density at radius 2 is 2.20 bits per heavy atom. The van der Waals surface area contributed by atoms with E-state index in [1.54, 1.807) is 6.08 Å². The highest BCUT2D eigenvalue weighted by atomic mass is 31.2. The summed E-state index contributed by atoms with van der Waals surface area (Å²) in [6.07, 6.45) is 4.79. The normalized spacial score (nSPS) is 29.2. The molecular formula is C15H28NO3P. The molecule has 2 atom stereocenters. The average molecular weight is 301 g/mol.